The lowest BCUT2D eigenvalue weighted by atomic mass is 10.0. The van der Waals surface area contributed by atoms with Crippen LogP contribution in [-0.4, -0.2) is 62.3 Å². The van der Waals surface area contributed by atoms with Gasteiger partial charge in [-0.3, -0.25) is 4.98 Å². The Morgan fingerprint density at radius 3 is 2.68 bits per heavy atom. The Labute approximate surface area is 189 Å². The van der Waals surface area contributed by atoms with Crippen LogP contribution in [0.2, 0.25) is 0 Å². The third kappa shape index (κ3) is 5.54. The molecule has 2 N–H and O–H groups in total. The van der Waals surface area contributed by atoms with Crippen LogP contribution in [0.1, 0.15) is 12.1 Å². The van der Waals surface area contributed by atoms with E-state index in [1.807, 2.05) is 6.07 Å². The Kier molecular flexibility index (Phi) is 8.04. The predicted molar refractivity (Wildman–Crippen MR) is 115 cm³/mol. The van der Waals surface area contributed by atoms with Crippen molar-refractivity contribution >= 4 is 30.6 Å². The number of rotatable bonds is 5. The van der Waals surface area contributed by atoms with E-state index in [1.54, 1.807) is 47.4 Å². The van der Waals surface area contributed by atoms with Crippen LogP contribution >= 0.6 is 24.8 Å². The number of piperidine rings is 1. The molecular formula is C18H22Cl2F2N8O. The summed E-state index contributed by atoms with van der Waals surface area (Å²) in [6.07, 6.45) is 4.77. The number of alkyl halides is 2. The van der Waals surface area contributed by atoms with Crippen molar-refractivity contribution in [3.8, 4) is 17.0 Å². The molecule has 3 aromatic rings. The number of methoxy groups -OCH3 is 1. The van der Waals surface area contributed by atoms with E-state index in [1.165, 1.54) is 0 Å². The van der Waals surface area contributed by atoms with Crippen molar-refractivity contribution in [3.05, 3.63) is 42.5 Å². The Morgan fingerprint density at radius 2 is 2.00 bits per heavy atom. The fourth-order valence-corrected chi connectivity index (χ4v) is 3.09. The summed E-state index contributed by atoms with van der Waals surface area (Å²) in [5, 5.41) is 16.6. The number of aromatic nitrogens is 6. The molecule has 0 radical (unpaired) electrons. The predicted octanol–water partition coefficient (Wildman–Crippen LogP) is 2.20. The average molecular weight is 475 g/mol. The molecule has 1 unspecified atom stereocenters. The molecule has 1 fully saturated rings. The summed E-state index contributed by atoms with van der Waals surface area (Å²) >= 11 is 0. The lowest BCUT2D eigenvalue weighted by molar-refractivity contribution is -0.0394. The number of hydrogen-bond acceptors (Lipinski definition) is 8. The number of nitrogens with zero attached hydrogens (tertiary/aromatic N) is 7. The fraction of sp³-hybridized carbons (Fsp3) is 0.389. The van der Waals surface area contributed by atoms with E-state index < -0.39 is 12.0 Å². The maximum Gasteiger partial charge on any atom is 0.266 e. The second-order valence-electron chi connectivity index (χ2n) is 6.86. The largest absolute Gasteiger partial charge is 0.495 e. The minimum Gasteiger partial charge on any atom is -0.495 e. The Balaban J connectivity index is 0.00000171. The van der Waals surface area contributed by atoms with Crippen molar-refractivity contribution < 1.29 is 13.5 Å². The average Bonchev–Trinajstić information content (AvgIpc) is 3.19. The summed E-state index contributed by atoms with van der Waals surface area (Å²) in [5.41, 5.74) is 7.68. The van der Waals surface area contributed by atoms with Gasteiger partial charge in [-0.2, -0.15) is 5.10 Å². The zero-order chi connectivity index (χ0) is 20.4. The van der Waals surface area contributed by atoms with E-state index in [9.17, 15) is 8.78 Å². The maximum absolute atomic E-state index is 13.5. The van der Waals surface area contributed by atoms with Gasteiger partial charge in [-0.1, -0.05) is 5.21 Å². The van der Waals surface area contributed by atoms with Gasteiger partial charge in [0.2, 0.25) is 0 Å². The standard InChI is InChI=1S/C18H20F2N8O.2ClH/c1-29-14-6-12(7-22-8-14)15-10-28(26-24-15)9-13-2-3-17(25-23-13)27-5-4-18(19,20)16(21)11-27;;/h2-3,6-8,10,16H,4-5,9,11,21H2,1H3;2*1H. The molecule has 4 heterocycles. The van der Waals surface area contributed by atoms with Crippen LogP contribution in [-0.2, 0) is 6.54 Å². The molecule has 1 saturated heterocycles. The first-order valence-electron chi connectivity index (χ1n) is 9.05. The molecule has 13 heteroatoms. The zero-order valence-electron chi connectivity index (χ0n) is 16.6. The molecule has 31 heavy (non-hydrogen) atoms. The van der Waals surface area contributed by atoms with Crippen LogP contribution in [0, 0.1) is 0 Å². The summed E-state index contributed by atoms with van der Waals surface area (Å²) in [7, 11) is 1.57. The van der Waals surface area contributed by atoms with Gasteiger partial charge in [0.25, 0.3) is 5.92 Å². The number of nitrogens with two attached hydrogens (primary N) is 1. The van der Waals surface area contributed by atoms with Crippen molar-refractivity contribution in [2.75, 3.05) is 25.1 Å². The highest BCUT2D eigenvalue weighted by molar-refractivity contribution is 5.85. The van der Waals surface area contributed by atoms with E-state index in [-0.39, 0.29) is 44.3 Å². The molecule has 168 valence electrons. The number of hydrogen-bond donors (Lipinski definition) is 1. The van der Waals surface area contributed by atoms with Gasteiger partial charge in [-0.05, 0) is 18.2 Å². The van der Waals surface area contributed by atoms with Crippen LogP contribution in [0.4, 0.5) is 14.6 Å². The maximum atomic E-state index is 13.5. The molecule has 0 amide bonds. The molecule has 0 bridgehead atoms. The molecule has 0 spiro atoms. The van der Waals surface area contributed by atoms with E-state index in [4.69, 9.17) is 10.5 Å². The van der Waals surface area contributed by atoms with Gasteiger partial charge in [0, 0.05) is 31.3 Å². The lowest BCUT2D eigenvalue weighted by Crippen LogP contribution is -2.55. The van der Waals surface area contributed by atoms with Gasteiger partial charge in [0.1, 0.15) is 11.4 Å². The van der Waals surface area contributed by atoms with Gasteiger partial charge >= 0.3 is 0 Å². The quantitative estimate of drug-likeness (QED) is 0.599. The zero-order valence-corrected chi connectivity index (χ0v) is 18.2. The number of anilines is 1. The Morgan fingerprint density at radius 1 is 1.19 bits per heavy atom. The summed E-state index contributed by atoms with van der Waals surface area (Å²) < 4.78 is 33.9. The first-order chi connectivity index (χ1) is 13.9. The van der Waals surface area contributed by atoms with E-state index in [0.29, 0.717) is 29.5 Å². The minimum absolute atomic E-state index is 0. The summed E-state index contributed by atoms with van der Waals surface area (Å²) in [6.45, 7) is 0.604. The molecule has 1 atom stereocenters. The van der Waals surface area contributed by atoms with Crippen molar-refractivity contribution in [1.29, 1.82) is 0 Å². The van der Waals surface area contributed by atoms with Crippen LogP contribution in [0.25, 0.3) is 11.3 Å². The van der Waals surface area contributed by atoms with Crippen LogP contribution in [0.3, 0.4) is 0 Å². The summed E-state index contributed by atoms with van der Waals surface area (Å²) in [6, 6.07) is 4.15. The van der Waals surface area contributed by atoms with Gasteiger partial charge in [-0.15, -0.1) is 35.0 Å². The van der Waals surface area contributed by atoms with E-state index in [2.05, 4.69) is 25.5 Å². The minimum atomic E-state index is -2.84. The number of pyridine rings is 1. The molecule has 1 aliphatic heterocycles. The third-order valence-electron chi connectivity index (χ3n) is 4.81. The van der Waals surface area contributed by atoms with Gasteiger partial charge in [-0.25, -0.2) is 13.5 Å². The van der Waals surface area contributed by atoms with Gasteiger partial charge in [0.15, 0.2) is 5.82 Å². The highest BCUT2D eigenvalue weighted by Gasteiger charge is 2.42. The van der Waals surface area contributed by atoms with Crippen molar-refractivity contribution in [1.82, 2.24) is 30.2 Å². The van der Waals surface area contributed by atoms with Crippen LogP contribution in [0.15, 0.2) is 36.8 Å². The number of ether oxygens (including phenoxy) is 1. The second kappa shape index (κ2) is 10.1. The first-order valence-corrected chi connectivity index (χ1v) is 9.05. The second-order valence-corrected chi connectivity index (χ2v) is 6.86. The summed E-state index contributed by atoms with van der Waals surface area (Å²) in [4.78, 5) is 5.83. The van der Waals surface area contributed by atoms with Crippen molar-refractivity contribution in [3.63, 3.8) is 0 Å². The molecule has 0 saturated carbocycles. The topological polar surface area (TPSA) is 108 Å². The smallest absolute Gasteiger partial charge is 0.266 e. The highest BCUT2D eigenvalue weighted by Crippen LogP contribution is 2.29. The molecule has 3 aromatic heterocycles. The number of halogens is 4. The molecule has 9 nitrogen and oxygen atoms in total. The van der Waals surface area contributed by atoms with Crippen LogP contribution in [0.5, 0.6) is 5.75 Å². The fourth-order valence-electron chi connectivity index (χ4n) is 3.09. The lowest BCUT2D eigenvalue weighted by Gasteiger charge is -2.36. The van der Waals surface area contributed by atoms with E-state index >= 15 is 0 Å². The normalized spacial score (nSPS) is 17.4. The Hall–Kier alpha value is -2.63. The molecule has 0 aromatic carbocycles. The third-order valence-corrected chi connectivity index (χ3v) is 4.81. The molecule has 1 aliphatic rings. The first kappa shape index (κ1) is 24.6. The summed E-state index contributed by atoms with van der Waals surface area (Å²) in [5.74, 6) is -1.68. The van der Waals surface area contributed by atoms with E-state index in [0.717, 1.165) is 5.56 Å². The van der Waals surface area contributed by atoms with Crippen molar-refractivity contribution in [2.24, 2.45) is 5.73 Å². The van der Waals surface area contributed by atoms with Gasteiger partial charge < -0.3 is 15.4 Å². The molecular weight excluding hydrogens is 453 g/mol. The monoisotopic (exact) mass is 474 g/mol. The highest BCUT2D eigenvalue weighted by atomic mass is 35.5. The SMILES string of the molecule is COc1cncc(-c2cn(Cc3ccc(N4CCC(F)(F)C(N)C4)nn3)nn2)c1.Cl.Cl. The Bertz CT molecular complexity index is 989. The van der Waals surface area contributed by atoms with Gasteiger partial charge in [0.05, 0.1) is 37.8 Å². The molecule has 4 rings (SSSR count). The van der Waals surface area contributed by atoms with Crippen LogP contribution < -0.4 is 15.4 Å². The molecule has 0 aliphatic carbocycles. The van der Waals surface area contributed by atoms with Crippen molar-refractivity contribution in [2.45, 2.75) is 24.9 Å².